The van der Waals surface area contributed by atoms with Crippen LogP contribution in [0.1, 0.15) is 10.5 Å². The van der Waals surface area contributed by atoms with Crippen LogP contribution in [0.15, 0.2) is 24.4 Å². The van der Waals surface area contributed by atoms with Crippen LogP contribution >= 0.6 is 0 Å². The lowest BCUT2D eigenvalue weighted by Gasteiger charge is -1.87. The molecule has 0 aliphatic rings. The smallest absolute Gasteiger partial charge is 0.354 e. The lowest BCUT2D eigenvalue weighted by molar-refractivity contribution is 0.0690. The highest BCUT2D eigenvalue weighted by Gasteiger charge is 1.98. The van der Waals surface area contributed by atoms with E-state index < -0.39 is 5.97 Å². The number of pyridine rings is 1. The summed E-state index contributed by atoms with van der Waals surface area (Å²) < 4.78 is 0. The highest BCUT2D eigenvalue weighted by Crippen LogP contribution is 1.90. The largest absolute Gasteiger partial charge is 0.477 e. The first kappa shape index (κ1) is 9.15. The third kappa shape index (κ3) is 2.18. The van der Waals surface area contributed by atoms with E-state index in [0.717, 1.165) is 0 Å². The molecule has 0 bridgehead atoms. The number of carboxylic acids is 1. The average Bonchev–Trinajstić information content (AvgIpc) is 1.90. The molecule has 0 unspecified atom stereocenters. The summed E-state index contributed by atoms with van der Waals surface area (Å²) in [5.41, 5.74) is 0.0810. The highest BCUT2D eigenvalue weighted by molar-refractivity contribution is 5.85. The third-order valence-corrected chi connectivity index (χ3v) is 0.884. The van der Waals surface area contributed by atoms with Crippen molar-refractivity contribution in [2.75, 3.05) is 0 Å². The van der Waals surface area contributed by atoms with Gasteiger partial charge in [0.15, 0.2) is 17.4 Å². The fourth-order valence-corrected chi connectivity index (χ4v) is 0.489. The Morgan fingerprint density at radius 2 is 2.20 bits per heavy atom. The van der Waals surface area contributed by atoms with Gasteiger partial charge in [-0.1, -0.05) is 6.07 Å². The Kier molecular flexibility index (Phi) is 3.70. The second-order valence-corrected chi connectivity index (χ2v) is 1.52. The maximum Gasteiger partial charge on any atom is 0.354 e. The van der Waals surface area contributed by atoms with Crippen LogP contribution < -0.4 is 0 Å². The standard InChI is InChI=1S/C6H5NO2.Al.3H/c8-6(9)5-3-1-2-4-7-5;;;;/h1-4H,(H,8,9);;;;. The summed E-state index contributed by atoms with van der Waals surface area (Å²) in [6.45, 7) is 0. The molecule has 1 rings (SSSR count). The normalized spacial score (nSPS) is 8.00. The molecule has 0 radical (unpaired) electrons. The van der Waals surface area contributed by atoms with Crippen molar-refractivity contribution in [3.63, 3.8) is 0 Å². The van der Waals surface area contributed by atoms with Gasteiger partial charge in [-0.15, -0.1) is 0 Å². The molecule has 1 N–H and O–H groups in total. The molecule has 0 amide bonds. The summed E-state index contributed by atoms with van der Waals surface area (Å²) in [7, 11) is 0. The maximum atomic E-state index is 10.1. The number of carboxylic acid groups (broad SMARTS) is 1. The van der Waals surface area contributed by atoms with E-state index in [1.54, 1.807) is 12.1 Å². The van der Waals surface area contributed by atoms with E-state index in [2.05, 4.69) is 4.98 Å². The molecule has 0 saturated heterocycles. The second-order valence-electron chi connectivity index (χ2n) is 1.52. The topological polar surface area (TPSA) is 50.2 Å². The van der Waals surface area contributed by atoms with Crippen LogP contribution in [0.3, 0.4) is 0 Å². The van der Waals surface area contributed by atoms with E-state index in [0.29, 0.717) is 0 Å². The molecular formula is C6H8AlNO2. The molecule has 0 aliphatic carbocycles. The quantitative estimate of drug-likeness (QED) is 0.558. The Bertz CT molecular complexity index is 212. The molecule has 0 aromatic carbocycles. The Balaban J connectivity index is 0.000000810. The van der Waals surface area contributed by atoms with E-state index in [4.69, 9.17) is 5.11 Å². The van der Waals surface area contributed by atoms with E-state index >= 15 is 0 Å². The van der Waals surface area contributed by atoms with Crippen LogP contribution in [0.25, 0.3) is 0 Å². The Morgan fingerprint density at radius 1 is 1.50 bits per heavy atom. The van der Waals surface area contributed by atoms with Crippen LogP contribution in [0.5, 0.6) is 0 Å². The van der Waals surface area contributed by atoms with E-state index in [-0.39, 0.29) is 23.1 Å². The van der Waals surface area contributed by atoms with Gasteiger partial charge in [0, 0.05) is 6.20 Å². The minimum Gasteiger partial charge on any atom is -0.477 e. The molecule has 1 aromatic rings. The Morgan fingerprint density at radius 3 is 2.50 bits per heavy atom. The fraction of sp³-hybridized carbons (Fsp3) is 0. The summed E-state index contributed by atoms with van der Waals surface area (Å²) in [5, 5.41) is 8.32. The monoisotopic (exact) mass is 153 g/mol. The third-order valence-electron chi connectivity index (χ3n) is 0.884. The van der Waals surface area contributed by atoms with E-state index in [9.17, 15) is 4.79 Å². The van der Waals surface area contributed by atoms with Crippen LogP contribution in [-0.2, 0) is 0 Å². The molecule has 0 saturated carbocycles. The van der Waals surface area contributed by atoms with Gasteiger partial charge < -0.3 is 5.11 Å². The molecule has 0 fully saturated rings. The molecule has 1 aromatic heterocycles. The molecule has 3 nitrogen and oxygen atoms in total. The zero-order valence-electron chi connectivity index (χ0n) is 4.61. The van der Waals surface area contributed by atoms with E-state index in [1.165, 1.54) is 12.3 Å². The summed E-state index contributed by atoms with van der Waals surface area (Å²) in [6, 6.07) is 4.76. The van der Waals surface area contributed by atoms with Gasteiger partial charge >= 0.3 is 5.97 Å². The number of nitrogens with zero attached hydrogens (tertiary/aromatic N) is 1. The molecular weight excluding hydrogens is 145 g/mol. The van der Waals surface area contributed by atoms with Gasteiger partial charge in [0.2, 0.25) is 0 Å². The van der Waals surface area contributed by atoms with Gasteiger partial charge in [-0.05, 0) is 12.1 Å². The average molecular weight is 153 g/mol. The van der Waals surface area contributed by atoms with Crippen LogP contribution in [0.4, 0.5) is 0 Å². The van der Waals surface area contributed by atoms with Crippen molar-refractivity contribution >= 4 is 23.3 Å². The lowest BCUT2D eigenvalue weighted by atomic mass is 10.4. The van der Waals surface area contributed by atoms with Crippen molar-refractivity contribution in [1.82, 2.24) is 4.98 Å². The van der Waals surface area contributed by atoms with Gasteiger partial charge in [-0.3, -0.25) is 0 Å². The second kappa shape index (κ2) is 4.05. The number of carbonyl (C=O) groups is 1. The molecule has 0 atom stereocenters. The molecule has 0 spiro atoms. The Labute approximate surface area is 68.8 Å². The minimum absolute atomic E-state index is 0. The maximum absolute atomic E-state index is 10.1. The first-order chi connectivity index (χ1) is 4.30. The van der Waals surface area contributed by atoms with Crippen LogP contribution in [0, 0.1) is 0 Å². The number of hydrogen-bond donors (Lipinski definition) is 1. The minimum atomic E-state index is -0.990. The van der Waals surface area contributed by atoms with Crippen molar-refractivity contribution in [2.24, 2.45) is 0 Å². The predicted molar refractivity (Wildman–Crippen MR) is 41.1 cm³/mol. The zero-order chi connectivity index (χ0) is 6.69. The van der Waals surface area contributed by atoms with Gasteiger partial charge in [-0.2, -0.15) is 0 Å². The van der Waals surface area contributed by atoms with Crippen molar-refractivity contribution in [3.8, 4) is 0 Å². The van der Waals surface area contributed by atoms with Crippen molar-refractivity contribution in [2.45, 2.75) is 0 Å². The zero-order valence-corrected chi connectivity index (χ0v) is 4.61. The summed E-state index contributed by atoms with van der Waals surface area (Å²) in [4.78, 5) is 13.7. The number of hydrogen-bond acceptors (Lipinski definition) is 2. The SMILES string of the molecule is O=C(O)c1ccccn1.[AlH3]. The van der Waals surface area contributed by atoms with Gasteiger partial charge in [0.25, 0.3) is 0 Å². The van der Waals surface area contributed by atoms with Crippen LogP contribution in [-0.4, -0.2) is 33.4 Å². The van der Waals surface area contributed by atoms with Gasteiger partial charge in [-0.25, -0.2) is 9.78 Å². The molecule has 52 valence electrons. The first-order valence-electron chi connectivity index (χ1n) is 2.45. The molecule has 4 heteroatoms. The van der Waals surface area contributed by atoms with E-state index in [1.807, 2.05) is 0 Å². The number of aromatic nitrogens is 1. The van der Waals surface area contributed by atoms with Gasteiger partial charge in [0.1, 0.15) is 5.69 Å². The Hall–Kier alpha value is -0.848. The van der Waals surface area contributed by atoms with Gasteiger partial charge in [0.05, 0.1) is 0 Å². The molecule has 10 heavy (non-hydrogen) atoms. The first-order valence-corrected chi connectivity index (χ1v) is 2.45. The number of aromatic carboxylic acids is 1. The summed E-state index contributed by atoms with van der Waals surface area (Å²) in [5.74, 6) is -0.990. The summed E-state index contributed by atoms with van der Waals surface area (Å²) in [6.07, 6.45) is 1.45. The predicted octanol–water partition coefficient (Wildman–Crippen LogP) is -0.404. The fourth-order valence-electron chi connectivity index (χ4n) is 0.489. The van der Waals surface area contributed by atoms with Crippen molar-refractivity contribution in [3.05, 3.63) is 30.1 Å². The summed E-state index contributed by atoms with van der Waals surface area (Å²) >= 11 is 0. The lowest BCUT2D eigenvalue weighted by Crippen LogP contribution is -1.97. The number of rotatable bonds is 1. The van der Waals surface area contributed by atoms with Crippen molar-refractivity contribution in [1.29, 1.82) is 0 Å². The van der Waals surface area contributed by atoms with Crippen LogP contribution in [0.2, 0.25) is 0 Å². The molecule has 0 aliphatic heterocycles. The highest BCUT2D eigenvalue weighted by atomic mass is 27.0. The van der Waals surface area contributed by atoms with Crippen molar-refractivity contribution < 1.29 is 9.90 Å². The molecule has 1 heterocycles.